The van der Waals surface area contributed by atoms with Gasteiger partial charge in [0.1, 0.15) is 10.0 Å². The zero-order valence-corrected chi connectivity index (χ0v) is 16.3. The highest BCUT2D eigenvalue weighted by atomic mass is 32.1. The average Bonchev–Trinajstić information content (AvgIpc) is 3.20. The van der Waals surface area contributed by atoms with Gasteiger partial charge in [-0.05, 0) is 44.0 Å². The lowest BCUT2D eigenvalue weighted by molar-refractivity contribution is -0.120. The van der Waals surface area contributed by atoms with Crippen LogP contribution in [0.3, 0.4) is 0 Å². The van der Waals surface area contributed by atoms with Crippen molar-refractivity contribution in [3.63, 3.8) is 0 Å². The van der Waals surface area contributed by atoms with Crippen LogP contribution in [0.4, 0.5) is 5.82 Å². The van der Waals surface area contributed by atoms with Gasteiger partial charge in [-0.2, -0.15) is 0 Å². The summed E-state index contributed by atoms with van der Waals surface area (Å²) < 4.78 is 5.58. The number of hydrogen-bond donors (Lipinski definition) is 1. The number of nitrogens with one attached hydrogen (secondary N) is 1. The molecule has 3 aromatic rings. The highest BCUT2D eigenvalue weighted by molar-refractivity contribution is 7.14. The Kier molecular flexibility index (Phi) is 4.50. The van der Waals surface area contributed by atoms with Crippen LogP contribution >= 0.6 is 11.3 Å². The number of nitrogens with zero attached hydrogens (tertiary/aromatic N) is 5. The summed E-state index contributed by atoms with van der Waals surface area (Å²) in [6.07, 6.45) is 2.20. The number of carbonyl (C=O) groups is 1. The van der Waals surface area contributed by atoms with Crippen LogP contribution < -0.4 is 5.32 Å². The maximum absolute atomic E-state index is 12.5. The molecule has 5 rings (SSSR count). The Morgan fingerprint density at radius 2 is 2.00 bits per heavy atom. The van der Waals surface area contributed by atoms with E-state index in [1.807, 2.05) is 31.2 Å². The lowest BCUT2D eigenvalue weighted by Gasteiger charge is -2.33. The van der Waals surface area contributed by atoms with Crippen LogP contribution in [0.5, 0.6) is 0 Å². The predicted molar refractivity (Wildman–Crippen MR) is 106 cm³/mol. The van der Waals surface area contributed by atoms with Crippen LogP contribution in [0.1, 0.15) is 17.8 Å². The standard InChI is InChI=1S/C19H20N6O2S/c1-11-21-24-19(28-11)12-2-5-16-13(6-12)7-17(23-22-16)20-18(26)8-25-14-3-4-15(25)10-27-9-14/h2,5-7,14-15H,3-4,8-10H2,1H3,(H,20,23,26). The third-order valence-electron chi connectivity index (χ3n) is 5.34. The molecule has 4 heterocycles. The Hall–Kier alpha value is -2.49. The van der Waals surface area contributed by atoms with Crippen molar-refractivity contribution in [1.82, 2.24) is 25.3 Å². The van der Waals surface area contributed by atoms with Crippen LogP contribution in [0.15, 0.2) is 24.3 Å². The number of amides is 1. The van der Waals surface area contributed by atoms with Gasteiger partial charge in [-0.3, -0.25) is 9.69 Å². The van der Waals surface area contributed by atoms with Gasteiger partial charge < -0.3 is 10.1 Å². The van der Waals surface area contributed by atoms with Crippen molar-refractivity contribution >= 4 is 34.0 Å². The lowest BCUT2D eigenvalue weighted by Crippen LogP contribution is -2.48. The molecule has 1 aromatic carbocycles. The number of rotatable bonds is 4. The molecule has 144 valence electrons. The molecular formula is C19H20N6O2S. The number of fused-ring (bicyclic) bond motifs is 3. The summed E-state index contributed by atoms with van der Waals surface area (Å²) in [7, 11) is 0. The molecule has 2 atom stereocenters. The number of morpholine rings is 1. The van der Waals surface area contributed by atoms with Crippen molar-refractivity contribution in [2.45, 2.75) is 31.8 Å². The fraction of sp³-hybridized carbons (Fsp3) is 0.421. The number of aromatic nitrogens is 4. The van der Waals surface area contributed by atoms with Gasteiger partial charge in [-0.25, -0.2) is 0 Å². The van der Waals surface area contributed by atoms with Gasteiger partial charge in [-0.15, -0.1) is 20.4 Å². The molecule has 0 radical (unpaired) electrons. The first kappa shape index (κ1) is 17.6. The highest BCUT2D eigenvalue weighted by Crippen LogP contribution is 2.29. The van der Waals surface area contributed by atoms with Crippen molar-refractivity contribution < 1.29 is 9.53 Å². The van der Waals surface area contributed by atoms with Crippen LogP contribution in [-0.4, -0.2) is 63.0 Å². The Balaban J connectivity index is 1.33. The monoisotopic (exact) mass is 396 g/mol. The van der Waals surface area contributed by atoms with Crippen molar-refractivity contribution in [1.29, 1.82) is 0 Å². The minimum atomic E-state index is -0.0663. The van der Waals surface area contributed by atoms with Crippen LogP contribution in [0.2, 0.25) is 0 Å². The van der Waals surface area contributed by atoms with Gasteiger partial charge in [0.05, 0.1) is 25.3 Å². The van der Waals surface area contributed by atoms with Gasteiger partial charge >= 0.3 is 0 Å². The Bertz CT molecular complexity index is 1020. The van der Waals surface area contributed by atoms with E-state index in [0.29, 0.717) is 37.7 Å². The molecule has 0 aliphatic carbocycles. The largest absolute Gasteiger partial charge is 0.378 e. The van der Waals surface area contributed by atoms with E-state index in [1.165, 1.54) is 0 Å². The zero-order valence-electron chi connectivity index (χ0n) is 15.5. The molecule has 1 N–H and O–H groups in total. The van der Waals surface area contributed by atoms with E-state index in [4.69, 9.17) is 4.74 Å². The fourth-order valence-corrected chi connectivity index (χ4v) is 4.66. The predicted octanol–water partition coefficient (Wildman–Crippen LogP) is 2.26. The third kappa shape index (κ3) is 3.36. The van der Waals surface area contributed by atoms with Crippen molar-refractivity contribution in [3.8, 4) is 10.6 Å². The van der Waals surface area contributed by atoms with E-state index in [-0.39, 0.29) is 5.91 Å². The van der Waals surface area contributed by atoms with Gasteiger partial charge in [0, 0.05) is 23.0 Å². The Morgan fingerprint density at radius 1 is 1.18 bits per heavy atom. The van der Waals surface area contributed by atoms with Crippen LogP contribution in [0.25, 0.3) is 21.5 Å². The first-order valence-corrected chi connectivity index (χ1v) is 10.2. The summed E-state index contributed by atoms with van der Waals surface area (Å²) in [5.74, 6) is 0.395. The second kappa shape index (κ2) is 7.16. The summed E-state index contributed by atoms with van der Waals surface area (Å²) in [5.41, 5.74) is 1.75. The molecule has 2 aliphatic heterocycles. The molecule has 2 fully saturated rings. The van der Waals surface area contributed by atoms with Gasteiger partial charge in [-0.1, -0.05) is 11.3 Å². The number of aryl methyl sites for hydroxylation is 1. The molecule has 2 aliphatic rings. The molecule has 9 heteroatoms. The summed E-state index contributed by atoms with van der Waals surface area (Å²) in [6.45, 7) is 3.73. The van der Waals surface area contributed by atoms with E-state index < -0.39 is 0 Å². The van der Waals surface area contributed by atoms with Gasteiger partial charge in [0.15, 0.2) is 5.82 Å². The smallest absolute Gasteiger partial charge is 0.239 e. The SMILES string of the molecule is Cc1nnc(-c2ccc3nnc(NC(=O)CN4C5CCC4COC5)cc3c2)s1. The molecule has 2 aromatic heterocycles. The zero-order chi connectivity index (χ0) is 19.1. The maximum atomic E-state index is 12.5. The summed E-state index contributed by atoms with van der Waals surface area (Å²) in [6, 6.07) is 8.43. The van der Waals surface area contributed by atoms with E-state index in [0.717, 1.165) is 39.3 Å². The highest BCUT2D eigenvalue weighted by Gasteiger charge is 2.38. The third-order valence-corrected chi connectivity index (χ3v) is 6.23. The molecule has 0 saturated carbocycles. The summed E-state index contributed by atoms with van der Waals surface area (Å²) in [5, 5.41) is 22.2. The molecule has 2 saturated heterocycles. The van der Waals surface area contributed by atoms with Crippen molar-refractivity contribution in [2.24, 2.45) is 0 Å². The maximum Gasteiger partial charge on any atom is 0.239 e. The summed E-state index contributed by atoms with van der Waals surface area (Å²) in [4.78, 5) is 14.8. The van der Waals surface area contributed by atoms with Crippen LogP contribution in [-0.2, 0) is 9.53 Å². The van der Waals surface area contributed by atoms with Crippen molar-refractivity contribution in [3.05, 3.63) is 29.3 Å². The minimum absolute atomic E-state index is 0.0663. The topological polar surface area (TPSA) is 93.1 Å². The first-order chi connectivity index (χ1) is 13.7. The van der Waals surface area contributed by atoms with E-state index in [1.54, 1.807) is 11.3 Å². The summed E-state index contributed by atoms with van der Waals surface area (Å²) >= 11 is 1.55. The normalized spacial score (nSPS) is 21.9. The molecule has 8 nitrogen and oxygen atoms in total. The molecule has 2 unspecified atom stereocenters. The number of carbonyl (C=O) groups excluding carboxylic acids is 1. The average molecular weight is 396 g/mol. The second-order valence-electron chi connectivity index (χ2n) is 7.27. The minimum Gasteiger partial charge on any atom is -0.378 e. The fourth-order valence-electron chi connectivity index (χ4n) is 3.97. The molecule has 0 spiro atoms. The lowest BCUT2D eigenvalue weighted by atomic mass is 10.1. The molecule has 1 amide bonds. The number of anilines is 1. The molecule has 2 bridgehead atoms. The van der Waals surface area contributed by atoms with Crippen LogP contribution in [0, 0.1) is 6.92 Å². The van der Waals surface area contributed by atoms with E-state index in [9.17, 15) is 4.79 Å². The first-order valence-electron chi connectivity index (χ1n) is 9.37. The Morgan fingerprint density at radius 3 is 2.75 bits per heavy atom. The quantitative estimate of drug-likeness (QED) is 0.723. The van der Waals surface area contributed by atoms with Crippen molar-refractivity contribution in [2.75, 3.05) is 25.1 Å². The van der Waals surface area contributed by atoms with Gasteiger partial charge in [0.2, 0.25) is 5.91 Å². The van der Waals surface area contributed by atoms with E-state index >= 15 is 0 Å². The Labute approximate surface area is 165 Å². The number of ether oxygens (including phenoxy) is 1. The van der Waals surface area contributed by atoms with E-state index in [2.05, 4.69) is 30.6 Å². The molecular weight excluding hydrogens is 376 g/mol. The number of benzene rings is 1. The van der Waals surface area contributed by atoms with Gasteiger partial charge in [0.25, 0.3) is 0 Å². The number of hydrogen-bond acceptors (Lipinski definition) is 8. The molecule has 28 heavy (non-hydrogen) atoms. The second-order valence-corrected chi connectivity index (χ2v) is 8.45.